The Morgan fingerprint density at radius 2 is 1.66 bits per heavy atom. The van der Waals surface area contributed by atoms with Gasteiger partial charge in [-0.1, -0.05) is 57.5 Å². The molecule has 0 saturated carbocycles. The van der Waals surface area contributed by atoms with Gasteiger partial charge in [-0.15, -0.1) is 0 Å². The van der Waals surface area contributed by atoms with Crippen LogP contribution in [-0.2, 0) is 22.7 Å². The minimum atomic E-state index is -0.480. The van der Waals surface area contributed by atoms with E-state index in [1.54, 1.807) is 28.8 Å². The molecule has 0 amide bonds. The van der Waals surface area contributed by atoms with Gasteiger partial charge >= 0.3 is 5.97 Å². The van der Waals surface area contributed by atoms with E-state index < -0.39 is 5.97 Å². The molecule has 2 heterocycles. The van der Waals surface area contributed by atoms with E-state index in [0.717, 1.165) is 10.0 Å². The number of benzene rings is 3. The van der Waals surface area contributed by atoms with Crippen molar-refractivity contribution in [2.24, 2.45) is 0 Å². The van der Waals surface area contributed by atoms with E-state index >= 15 is 0 Å². The van der Waals surface area contributed by atoms with Gasteiger partial charge in [0.05, 0.1) is 11.0 Å². The van der Waals surface area contributed by atoms with E-state index in [0.29, 0.717) is 27.6 Å². The SMILES string of the molecule is O=C(Cn1c2ccccc2c(=O)c2ccccc21)OCc1nc(-c2cccc(Br)c2)no1. The lowest BCUT2D eigenvalue weighted by molar-refractivity contribution is -0.146. The summed E-state index contributed by atoms with van der Waals surface area (Å²) < 4.78 is 13.3. The fourth-order valence-corrected chi connectivity index (χ4v) is 4.02. The Hall–Kier alpha value is -3.78. The molecule has 32 heavy (non-hydrogen) atoms. The molecule has 5 aromatic rings. The van der Waals surface area contributed by atoms with Crippen LogP contribution in [0.3, 0.4) is 0 Å². The number of aromatic nitrogens is 3. The summed E-state index contributed by atoms with van der Waals surface area (Å²) in [6.07, 6.45) is 0. The standard InChI is InChI=1S/C24H16BrN3O4/c25-16-7-5-6-15(12-16)24-26-21(32-27-24)14-31-22(29)13-28-19-10-3-1-8-17(19)23(30)18-9-2-4-11-20(18)28/h1-12H,13-14H2. The van der Waals surface area contributed by atoms with E-state index in [-0.39, 0.29) is 24.5 Å². The van der Waals surface area contributed by atoms with Crippen molar-refractivity contribution in [1.82, 2.24) is 14.7 Å². The molecular weight excluding hydrogens is 474 g/mol. The molecular formula is C24H16BrN3O4. The number of esters is 1. The molecule has 0 aliphatic rings. The smallest absolute Gasteiger partial charge is 0.326 e. The van der Waals surface area contributed by atoms with Crippen molar-refractivity contribution >= 4 is 43.7 Å². The van der Waals surface area contributed by atoms with Crippen LogP contribution in [0.15, 0.2) is 86.6 Å². The summed E-state index contributed by atoms with van der Waals surface area (Å²) in [5, 5.41) is 5.04. The summed E-state index contributed by atoms with van der Waals surface area (Å²) >= 11 is 3.41. The van der Waals surface area contributed by atoms with E-state index in [2.05, 4.69) is 26.1 Å². The van der Waals surface area contributed by atoms with Gasteiger partial charge < -0.3 is 13.8 Å². The zero-order chi connectivity index (χ0) is 22.1. The van der Waals surface area contributed by atoms with E-state index in [4.69, 9.17) is 9.26 Å². The molecule has 0 aliphatic heterocycles. The maximum absolute atomic E-state index is 12.8. The van der Waals surface area contributed by atoms with Crippen molar-refractivity contribution in [3.05, 3.63) is 93.4 Å². The summed E-state index contributed by atoms with van der Waals surface area (Å²) in [5.74, 6) is 0.129. The number of nitrogens with zero attached hydrogens (tertiary/aromatic N) is 3. The molecule has 0 radical (unpaired) electrons. The second-order valence-corrected chi connectivity index (χ2v) is 8.05. The second kappa shape index (κ2) is 8.39. The van der Waals surface area contributed by atoms with Gasteiger partial charge in [-0.25, -0.2) is 0 Å². The Morgan fingerprint density at radius 3 is 2.34 bits per heavy atom. The highest BCUT2D eigenvalue weighted by Crippen LogP contribution is 2.21. The first-order valence-electron chi connectivity index (χ1n) is 9.84. The zero-order valence-electron chi connectivity index (χ0n) is 16.7. The number of hydrogen-bond acceptors (Lipinski definition) is 6. The second-order valence-electron chi connectivity index (χ2n) is 7.13. The van der Waals surface area contributed by atoms with Crippen molar-refractivity contribution in [3.63, 3.8) is 0 Å². The third-order valence-electron chi connectivity index (χ3n) is 5.07. The molecule has 0 saturated heterocycles. The summed E-state index contributed by atoms with van der Waals surface area (Å²) in [6, 6.07) is 21.9. The summed E-state index contributed by atoms with van der Waals surface area (Å²) in [6.45, 7) is -0.205. The van der Waals surface area contributed by atoms with Gasteiger partial charge in [-0.3, -0.25) is 9.59 Å². The predicted molar refractivity (Wildman–Crippen MR) is 123 cm³/mol. The van der Waals surface area contributed by atoms with Crippen molar-refractivity contribution in [3.8, 4) is 11.4 Å². The summed E-state index contributed by atoms with van der Waals surface area (Å²) in [5.41, 5.74) is 2.06. The monoisotopic (exact) mass is 489 g/mol. The minimum absolute atomic E-state index is 0.0616. The normalized spacial score (nSPS) is 11.2. The largest absolute Gasteiger partial charge is 0.454 e. The van der Waals surface area contributed by atoms with Crippen molar-refractivity contribution in [1.29, 1.82) is 0 Å². The van der Waals surface area contributed by atoms with Crippen molar-refractivity contribution < 1.29 is 14.1 Å². The first-order valence-corrected chi connectivity index (χ1v) is 10.6. The molecule has 158 valence electrons. The Morgan fingerprint density at radius 1 is 0.969 bits per heavy atom. The average molecular weight is 490 g/mol. The summed E-state index contributed by atoms with van der Waals surface area (Å²) in [4.78, 5) is 29.8. The number of rotatable bonds is 5. The fourth-order valence-electron chi connectivity index (χ4n) is 3.62. The van der Waals surface area contributed by atoms with Gasteiger partial charge in [-0.05, 0) is 36.4 Å². The Balaban J connectivity index is 1.38. The quantitative estimate of drug-likeness (QED) is 0.262. The minimum Gasteiger partial charge on any atom is -0.454 e. The molecule has 0 spiro atoms. The molecule has 0 unspecified atom stereocenters. The van der Waals surface area contributed by atoms with E-state index in [9.17, 15) is 9.59 Å². The lowest BCUT2D eigenvalue weighted by Gasteiger charge is -2.14. The van der Waals surface area contributed by atoms with E-state index in [1.807, 2.05) is 48.5 Å². The fraction of sp³-hybridized carbons (Fsp3) is 0.0833. The van der Waals surface area contributed by atoms with Crippen LogP contribution in [0.1, 0.15) is 5.89 Å². The van der Waals surface area contributed by atoms with E-state index in [1.165, 1.54) is 0 Å². The van der Waals surface area contributed by atoms with Gasteiger partial charge in [0.1, 0.15) is 6.54 Å². The highest BCUT2D eigenvalue weighted by Gasteiger charge is 2.15. The lowest BCUT2D eigenvalue weighted by atomic mass is 10.1. The van der Waals surface area contributed by atoms with Gasteiger partial charge in [0.15, 0.2) is 12.0 Å². The van der Waals surface area contributed by atoms with Crippen LogP contribution >= 0.6 is 15.9 Å². The summed E-state index contributed by atoms with van der Waals surface area (Å²) in [7, 11) is 0. The molecule has 3 aromatic carbocycles. The first kappa shape index (κ1) is 20.1. The van der Waals surface area contributed by atoms with Crippen LogP contribution in [0.5, 0.6) is 0 Å². The maximum Gasteiger partial charge on any atom is 0.326 e. The Labute approximate surface area is 190 Å². The lowest BCUT2D eigenvalue weighted by Crippen LogP contribution is -2.18. The zero-order valence-corrected chi connectivity index (χ0v) is 18.3. The number of ether oxygens (including phenoxy) is 1. The van der Waals surface area contributed by atoms with Gasteiger partial charge in [0.25, 0.3) is 5.89 Å². The van der Waals surface area contributed by atoms with Gasteiger partial charge in [-0.2, -0.15) is 4.98 Å². The molecule has 0 atom stereocenters. The number of fused-ring (bicyclic) bond motifs is 2. The maximum atomic E-state index is 12.8. The Bertz CT molecular complexity index is 1460. The van der Waals surface area contributed by atoms with Crippen LogP contribution in [-0.4, -0.2) is 20.7 Å². The molecule has 0 aliphatic carbocycles. The van der Waals surface area contributed by atoms with Crippen LogP contribution in [0.2, 0.25) is 0 Å². The van der Waals surface area contributed by atoms with Crippen molar-refractivity contribution in [2.45, 2.75) is 13.2 Å². The van der Waals surface area contributed by atoms with Crippen LogP contribution < -0.4 is 5.43 Å². The number of halogens is 1. The average Bonchev–Trinajstić information content (AvgIpc) is 3.30. The van der Waals surface area contributed by atoms with Gasteiger partial charge in [0, 0.05) is 20.8 Å². The molecule has 0 N–H and O–H groups in total. The highest BCUT2D eigenvalue weighted by atomic mass is 79.9. The van der Waals surface area contributed by atoms with Crippen LogP contribution in [0, 0.1) is 0 Å². The number of hydrogen-bond donors (Lipinski definition) is 0. The Kier molecular flexibility index (Phi) is 5.28. The number of pyridine rings is 1. The topological polar surface area (TPSA) is 87.2 Å². The molecule has 0 bridgehead atoms. The third kappa shape index (κ3) is 3.80. The first-order chi connectivity index (χ1) is 15.6. The highest BCUT2D eigenvalue weighted by molar-refractivity contribution is 9.10. The van der Waals surface area contributed by atoms with Crippen LogP contribution in [0.4, 0.5) is 0 Å². The molecule has 5 rings (SSSR count). The number of para-hydroxylation sites is 2. The van der Waals surface area contributed by atoms with Crippen LogP contribution in [0.25, 0.3) is 33.2 Å². The molecule has 7 nitrogen and oxygen atoms in total. The van der Waals surface area contributed by atoms with Gasteiger partial charge in [0.2, 0.25) is 5.82 Å². The number of carbonyl (C=O) groups excluding carboxylic acids is 1. The number of carbonyl (C=O) groups is 1. The van der Waals surface area contributed by atoms with Crippen molar-refractivity contribution in [2.75, 3.05) is 0 Å². The molecule has 2 aromatic heterocycles. The predicted octanol–water partition coefficient (Wildman–Crippen LogP) is 4.71. The third-order valence-corrected chi connectivity index (χ3v) is 5.57. The molecule has 8 heteroatoms. The molecule has 0 fully saturated rings.